The number of nitrogens with two attached hydrogens (primary N) is 1. The van der Waals surface area contributed by atoms with Gasteiger partial charge in [-0.25, -0.2) is 4.39 Å². The zero-order valence-corrected chi connectivity index (χ0v) is 12.3. The van der Waals surface area contributed by atoms with Crippen molar-refractivity contribution in [3.8, 4) is 0 Å². The first-order valence-electron chi connectivity index (χ1n) is 6.84. The fourth-order valence-electron chi connectivity index (χ4n) is 2.68. The highest BCUT2D eigenvalue weighted by Gasteiger charge is 2.40. The molecular weight excluding hydrogens is 257 g/mol. The maximum atomic E-state index is 13.2. The zero-order valence-electron chi connectivity index (χ0n) is 12.3. The largest absolute Gasteiger partial charge is 0.343 e. The summed E-state index contributed by atoms with van der Waals surface area (Å²) >= 11 is 0. The molecule has 1 saturated heterocycles. The standard InChI is InChI=1S/C15H22FN3O/c1-15(2)14(20)18(3)6-7-19(15)10-11-4-5-13(16)8-12(11)9-17/h4-5,8H,6-7,9-10,17H2,1-3H3. The molecule has 1 fully saturated rings. The van der Waals surface area contributed by atoms with Gasteiger partial charge in [0.1, 0.15) is 5.82 Å². The first-order valence-corrected chi connectivity index (χ1v) is 6.84. The van der Waals surface area contributed by atoms with Crippen molar-refractivity contribution in [1.82, 2.24) is 9.80 Å². The van der Waals surface area contributed by atoms with Gasteiger partial charge >= 0.3 is 0 Å². The first kappa shape index (κ1) is 14.9. The highest BCUT2D eigenvalue weighted by Crippen LogP contribution is 2.25. The van der Waals surface area contributed by atoms with Crippen LogP contribution >= 0.6 is 0 Å². The number of carbonyl (C=O) groups is 1. The number of piperazine rings is 1. The van der Waals surface area contributed by atoms with E-state index in [1.165, 1.54) is 12.1 Å². The molecule has 0 unspecified atom stereocenters. The van der Waals surface area contributed by atoms with Crippen molar-refractivity contribution in [2.24, 2.45) is 5.73 Å². The Kier molecular flexibility index (Phi) is 4.11. The highest BCUT2D eigenvalue weighted by atomic mass is 19.1. The Bertz CT molecular complexity index is 516. The number of carbonyl (C=O) groups excluding carboxylic acids is 1. The van der Waals surface area contributed by atoms with Gasteiger partial charge in [-0.1, -0.05) is 6.07 Å². The minimum atomic E-state index is -0.548. The van der Waals surface area contributed by atoms with Crippen LogP contribution in [0.25, 0.3) is 0 Å². The summed E-state index contributed by atoms with van der Waals surface area (Å²) in [5.41, 5.74) is 6.92. The molecule has 1 aliphatic heterocycles. The second kappa shape index (κ2) is 5.50. The minimum Gasteiger partial charge on any atom is -0.343 e. The van der Waals surface area contributed by atoms with Crippen LogP contribution in [0.4, 0.5) is 4.39 Å². The minimum absolute atomic E-state index is 0.111. The Morgan fingerprint density at radius 1 is 1.30 bits per heavy atom. The summed E-state index contributed by atoms with van der Waals surface area (Å²) in [6.45, 7) is 6.28. The molecule has 20 heavy (non-hydrogen) atoms. The number of hydrogen-bond acceptors (Lipinski definition) is 3. The summed E-state index contributed by atoms with van der Waals surface area (Å²) in [6, 6.07) is 4.68. The smallest absolute Gasteiger partial charge is 0.242 e. The Morgan fingerprint density at radius 2 is 2.00 bits per heavy atom. The molecule has 0 radical (unpaired) electrons. The quantitative estimate of drug-likeness (QED) is 0.908. The Balaban J connectivity index is 2.24. The molecule has 1 amide bonds. The molecule has 0 saturated carbocycles. The van der Waals surface area contributed by atoms with Gasteiger partial charge in [0.2, 0.25) is 5.91 Å². The fraction of sp³-hybridized carbons (Fsp3) is 0.533. The van der Waals surface area contributed by atoms with Crippen molar-refractivity contribution in [3.05, 3.63) is 35.1 Å². The van der Waals surface area contributed by atoms with E-state index in [2.05, 4.69) is 4.90 Å². The fourth-order valence-corrected chi connectivity index (χ4v) is 2.68. The van der Waals surface area contributed by atoms with E-state index >= 15 is 0 Å². The van der Waals surface area contributed by atoms with Crippen LogP contribution in [0, 0.1) is 5.82 Å². The third-order valence-electron chi connectivity index (χ3n) is 4.12. The Morgan fingerprint density at radius 3 is 2.65 bits per heavy atom. The van der Waals surface area contributed by atoms with Gasteiger partial charge in [0.25, 0.3) is 0 Å². The molecule has 4 nitrogen and oxygen atoms in total. The van der Waals surface area contributed by atoms with Crippen LogP contribution in [0.2, 0.25) is 0 Å². The first-order chi connectivity index (χ1) is 9.36. The average molecular weight is 279 g/mol. The van der Waals surface area contributed by atoms with E-state index in [-0.39, 0.29) is 11.7 Å². The number of likely N-dealkylation sites (N-methyl/N-ethyl adjacent to an activating group) is 1. The van der Waals surface area contributed by atoms with Crippen molar-refractivity contribution < 1.29 is 9.18 Å². The summed E-state index contributed by atoms with van der Waals surface area (Å²) < 4.78 is 13.2. The van der Waals surface area contributed by atoms with E-state index in [0.29, 0.717) is 19.6 Å². The van der Waals surface area contributed by atoms with Crippen molar-refractivity contribution in [2.75, 3.05) is 20.1 Å². The van der Waals surface area contributed by atoms with Crippen LogP contribution in [0.1, 0.15) is 25.0 Å². The van der Waals surface area contributed by atoms with Crippen LogP contribution in [0.15, 0.2) is 18.2 Å². The number of rotatable bonds is 3. The molecule has 0 bridgehead atoms. The van der Waals surface area contributed by atoms with Gasteiger partial charge in [-0.15, -0.1) is 0 Å². The SMILES string of the molecule is CN1CCN(Cc2ccc(F)cc2CN)C(C)(C)C1=O. The highest BCUT2D eigenvalue weighted by molar-refractivity contribution is 5.86. The number of hydrogen-bond donors (Lipinski definition) is 1. The van der Waals surface area contributed by atoms with Crippen molar-refractivity contribution in [1.29, 1.82) is 0 Å². The van der Waals surface area contributed by atoms with Crippen LogP contribution < -0.4 is 5.73 Å². The molecule has 1 aromatic carbocycles. The maximum Gasteiger partial charge on any atom is 0.242 e. The van der Waals surface area contributed by atoms with Gasteiger partial charge < -0.3 is 10.6 Å². The van der Waals surface area contributed by atoms with E-state index in [0.717, 1.165) is 17.7 Å². The molecule has 0 aliphatic carbocycles. The van der Waals surface area contributed by atoms with Gasteiger partial charge in [0.05, 0.1) is 5.54 Å². The summed E-state index contributed by atoms with van der Waals surface area (Å²) in [6.07, 6.45) is 0. The molecule has 0 atom stereocenters. The third kappa shape index (κ3) is 2.69. The van der Waals surface area contributed by atoms with E-state index in [9.17, 15) is 9.18 Å². The van der Waals surface area contributed by atoms with Crippen molar-refractivity contribution in [3.63, 3.8) is 0 Å². The lowest BCUT2D eigenvalue weighted by Gasteiger charge is -2.45. The number of nitrogens with zero attached hydrogens (tertiary/aromatic N) is 2. The van der Waals surface area contributed by atoms with Gasteiger partial charge in [-0.2, -0.15) is 0 Å². The molecule has 1 aromatic rings. The number of benzene rings is 1. The van der Waals surface area contributed by atoms with E-state index in [1.54, 1.807) is 11.0 Å². The molecule has 1 aliphatic rings. The molecule has 0 spiro atoms. The van der Waals surface area contributed by atoms with Crippen LogP contribution in [-0.2, 0) is 17.9 Å². The second-order valence-electron chi connectivity index (χ2n) is 5.82. The molecule has 5 heteroatoms. The topological polar surface area (TPSA) is 49.6 Å². The molecule has 110 valence electrons. The Labute approximate surface area is 119 Å². The van der Waals surface area contributed by atoms with Crippen molar-refractivity contribution >= 4 is 5.91 Å². The summed E-state index contributed by atoms with van der Waals surface area (Å²) in [7, 11) is 1.82. The molecule has 0 aromatic heterocycles. The van der Waals surface area contributed by atoms with Gasteiger partial charge in [-0.05, 0) is 37.1 Å². The second-order valence-corrected chi connectivity index (χ2v) is 5.82. The van der Waals surface area contributed by atoms with Crippen LogP contribution in [-0.4, -0.2) is 41.4 Å². The normalized spacial score (nSPS) is 19.4. The molecule has 2 N–H and O–H groups in total. The molecule has 2 rings (SSSR count). The van der Waals surface area contributed by atoms with Gasteiger partial charge in [-0.3, -0.25) is 9.69 Å². The third-order valence-corrected chi connectivity index (χ3v) is 4.12. The Hall–Kier alpha value is -1.46. The lowest BCUT2D eigenvalue weighted by molar-refractivity contribution is -0.147. The van der Waals surface area contributed by atoms with E-state index in [4.69, 9.17) is 5.73 Å². The number of amides is 1. The van der Waals surface area contributed by atoms with Crippen LogP contribution in [0.5, 0.6) is 0 Å². The predicted octanol–water partition coefficient (Wildman–Crippen LogP) is 1.34. The zero-order chi connectivity index (χ0) is 14.9. The predicted molar refractivity (Wildman–Crippen MR) is 76.4 cm³/mol. The van der Waals surface area contributed by atoms with Gasteiger partial charge in [0, 0.05) is 33.2 Å². The summed E-state index contributed by atoms with van der Waals surface area (Å²) in [5.74, 6) is -0.164. The van der Waals surface area contributed by atoms with E-state index in [1.807, 2.05) is 20.9 Å². The van der Waals surface area contributed by atoms with Gasteiger partial charge in [0.15, 0.2) is 0 Å². The monoisotopic (exact) mass is 279 g/mol. The lowest BCUT2D eigenvalue weighted by Crippen LogP contribution is -2.61. The summed E-state index contributed by atoms with van der Waals surface area (Å²) in [5, 5.41) is 0. The summed E-state index contributed by atoms with van der Waals surface area (Å²) in [4.78, 5) is 16.1. The average Bonchev–Trinajstić information content (AvgIpc) is 2.41. The lowest BCUT2D eigenvalue weighted by atomic mass is 9.96. The number of halogens is 1. The van der Waals surface area contributed by atoms with E-state index < -0.39 is 5.54 Å². The molecular formula is C15H22FN3O. The molecule has 1 heterocycles. The maximum absolute atomic E-state index is 13.2. The van der Waals surface area contributed by atoms with Crippen molar-refractivity contribution in [2.45, 2.75) is 32.5 Å². The van der Waals surface area contributed by atoms with Crippen LogP contribution in [0.3, 0.4) is 0 Å².